The summed E-state index contributed by atoms with van der Waals surface area (Å²) in [7, 11) is 0. The van der Waals surface area contributed by atoms with Gasteiger partial charge >= 0.3 is 0 Å². The van der Waals surface area contributed by atoms with Crippen molar-refractivity contribution < 1.29 is 9.13 Å². The van der Waals surface area contributed by atoms with E-state index in [1.54, 1.807) is 11.9 Å². The molecule has 104 valence electrons. The van der Waals surface area contributed by atoms with E-state index >= 15 is 0 Å². The Bertz CT molecular complexity index is 579. The Morgan fingerprint density at radius 2 is 2.00 bits per heavy atom. The van der Waals surface area contributed by atoms with Crippen LogP contribution in [0.1, 0.15) is 0 Å². The fraction of sp³-hybridized carbons (Fsp3) is 0.200. The average molecular weight is 290 g/mol. The summed E-state index contributed by atoms with van der Waals surface area (Å²) >= 11 is 1.55. The number of ether oxygens (including phenoxy) is 1. The van der Waals surface area contributed by atoms with E-state index in [1.165, 1.54) is 0 Å². The summed E-state index contributed by atoms with van der Waals surface area (Å²) in [4.78, 5) is 3.04. The third-order valence-electron chi connectivity index (χ3n) is 3.04. The molecule has 5 heteroatoms. The summed E-state index contributed by atoms with van der Waals surface area (Å²) in [5.74, 6) is 1.59. The van der Waals surface area contributed by atoms with E-state index in [2.05, 4.69) is 4.72 Å². The molecule has 3 nitrogen and oxygen atoms in total. The third-order valence-corrected chi connectivity index (χ3v) is 3.86. The highest BCUT2D eigenvalue weighted by Crippen LogP contribution is 2.36. The van der Waals surface area contributed by atoms with E-state index in [0.29, 0.717) is 13.2 Å². The molecule has 0 bridgehead atoms. The quantitative estimate of drug-likeness (QED) is 0.865. The van der Waals surface area contributed by atoms with E-state index in [0.717, 1.165) is 22.1 Å². The van der Waals surface area contributed by atoms with Crippen LogP contribution in [-0.4, -0.2) is 19.9 Å². The maximum Gasteiger partial charge on any atom is 0.128 e. The van der Waals surface area contributed by atoms with Crippen molar-refractivity contribution in [1.82, 2.24) is 4.72 Å². The Labute approximate surface area is 121 Å². The number of nitrogens with one attached hydrogen (secondary N) is 1. The second-order valence-corrected chi connectivity index (χ2v) is 5.33. The molecule has 2 aromatic carbocycles. The van der Waals surface area contributed by atoms with Crippen LogP contribution in [0.5, 0.6) is 11.5 Å². The molecule has 0 amide bonds. The second kappa shape index (κ2) is 6.15. The molecule has 1 heterocycles. The molecule has 0 radical (unpaired) electrons. The van der Waals surface area contributed by atoms with Crippen molar-refractivity contribution in [3.05, 3.63) is 48.5 Å². The van der Waals surface area contributed by atoms with Gasteiger partial charge in [-0.1, -0.05) is 18.2 Å². The van der Waals surface area contributed by atoms with Crippen LogP contribution in [0.15, 0.2) is 53.4 Å². The van der Waals surface area contributed by atoms with Gasteiger partial charge in [0.1, 0.15) is 18.2 Å². The Balaban J connectivity index is 1.82. The fourth-order valence-electron chi connectivity index (χ4n) is 2.10. The molecule has 1 aliphatic rings. The van der Waals surface area contributed by atoms with Gasteiger partial charge in [0.15, 0.2) is 0 Å². The number of para-hydroxylation sites is 1. The second-order valence-electron chi connectivity index (χ2n) is 4.40. The molecule has 0 aromatic heterocycles. The minimum absolute atomic E-state index is 0.353. The van der Waals surface area contributed by atoms with Crippen molar-refractivity contribution in [3.63, 3.8) is 0 Å². The normalized spacial score (nSPS) is 13.9. The first-order chi connectivity index (χ1) is 9.86. The zero-order valence-corrected chi connectivity index (χ0v) is 11.7. The van der Waals surface area contributed by atoms with Crippen LogP contribution in [0.2, 0.25) is 0 Å². The van der Waals surface area contributed by atoms with Gasteiger partial charge in [-0.3, -0.25) is 0 Å². The van der Waals surface area contributed by atoms with E-state index in [1.807, 2.05) is 53.4 Å². The summed E-state index contributed by atoms with van der Waals surface area (Å²) < 4.78 is 21.5. The van der Waals surface area contributed by atoms with Crippen molar-refractivity contribution in [2.75, 3.05) is 24.8 Å². The highest BCUT2D eigenvalue weighted by atomic mass is 32.2. The number of benzene rings is 2. The Morgan fingerprint density at radius 1 is 1.15 bits per heavy atom. The van der Waals surface area contributed by atoms with Gasteiger partial charge in [-0.05, 0) is 42.3 Å². The molecule has 0 saturated heterocycles. The van der Waals surface area contributed by atoms with Crippen LogP contribution in [0.25, 0.3) is 0 Å². The van der Waals surface area contributed by atoms with Gasteiger partial charge < -0.3 is 9.64 Å². The molecule has 2 aromatic rings. The Morgan fingerprint density at radius 3 is 2.80 bits per heavy atom. The van der Waals surface area contributed by atoms with E-state index in [9.17, 15) is 4.39 Å². The Hall–Kier alpha value is -1.72. The number of hydrogen-bond donors (Lipinski definition) is 1. The minimum atomic E-state index is -0.353. The molecule has 0 unspecified atom stereocenters. The predicted molar refractivity (Wildman–Crippen MR) is 80.1 cm³/mol. The molecule has 0 spiro atoms. The van der Waals surface area contributed by atoms with Crippen LogP contribution < -0.4 is 14.4 Å². The third kappa shape index (κ3) is 2.89. The number of fused-ring (bicyclic) bond motifs is 1. The van der Waals surface area contributed by atoms with Gasteiger partial charge in [-0.15, -0.1) is 0 Å². The lowest BCUT2D eigenvalue weighted by Crippen LogP contribution is -2.36. The van der Waals surface area contributed by atoms with Crippen molar-refractivity contribution in [2.45, 2.75) is 4.90 Å². The number of alkyl halides is 1. The average Bonchev–Trinajstić information content (AvgIpc) is 2.49. The molecule has 1 aliphatic heterocycles. The zero-order chi connectivity index (χ0) is 13.8. The minimum Gasteiger partial charge on any atom is -0.457 e. The van der Waals surface area contributed by atoms with Crippen LogP contribution in [0.3, 0.4) is 0 Å². The highest BCUT2D eigenvalue weighted by Gasteiger charge is 2.17. The summed E-state index contributed by atoms with van der Waals surface area (Å²) in [5.41, 5.74) is 1.05. The molecule has 0 aliphatic carbocycles. The van der Waals surface area contributed by atoms with E-state index in [-0.39, 0.29) is 6.67 Å². The van der Waals surface area contributed by atoms with Crippen LogP contribution in [0, 0.1) is 0 Å². The van der Waals surface area contributed by atoms with Gasteiger partial charge in [0.05, 0.1) is 12.4 Å². The predicted octanol–water partition coefficient (Wildman–Crippen LogP) is 3.82. The van der Waals surface area contributed by atoms with Gasteiger partial charge in [-0.2, -0.15) is 0 Å². The molecule has 0 atom stereocenters. The van der Waals surface area contributed by atoms with Gasteiger partial charge in [0.2, 0.25) is 0 Å². The lowest BCUT2D eigenvalue weighted by Gasteiger charge is -2.30. The monoisotopic (exact) mass is 290 g/mol. The van der Waals surface area contributed by atoms with Crippen molar-refractivity contribution >= 4 is 17.6 Å². The van der Waals surface area contributed by atoms with Crippen LogP contribution in [-0.2, 0) is 0 Å². The summed E-state index contributed by atoms with van der Waals surface area (Å²) in [6.45, 7) is 0.702. The largest absolute Gasteiger partial charge is 0.457 e. The van der Waals surface area contributed by atoms with E-state index in [4.69, 9.17) is 4.74 Å². The van der Waals surface area contributed by atoms with Crippen molar-refractivity contribution in [1.29, 1.82) is 0 Å². The van der Waals surface area contributed by atoms with Crippen LogP contribution in [0.4, 0.5) is 10.1 Å². The summed E-state index contributed by atoms with van der Waals surface area (Å²) in [5, 5.41) is 0. The maximum atomic E-state index is 12.5. The first kappa shape index (κ1) is 13.3. The molecular weight excluding hydrogens is 275 g/mol. The van der Waals surface area contributed by atoms with Crippen molar-refractivity contribution in [3.8, 4) is 11.5 Å². The molecule has 1 N–H and O–H groups in total. The summed E-state index contributed by atoms with van der Waals surface area (Å²) in [6, 6.07) is 15.5. The fourth-order valence-corrected chi connectivity index (χ4v) is 2.95. The molecule has 3 rings (SSSR count). The maximum absolute atomic E-state index is 12.5. The number of hydrogen-bond acceptors (Lipinski definition) is 4. The Kier molecular flexibility index (Phi) is 4.08. The zero-order valence-electron chi connectivity index (χ0n) is 10.9. The number of nitrogens with zero attached hydrogens (tertiary/aromatic N) is 1. The lowest BCUT2D eigenvalue weighted by atomic mass is 10.2. The first-order valence-electron chi connectivity index (χ1n) is 6.44. The standard InChI is InChI=1S/C15H15FN2OS/c16-8-9-18-11-17-20-15-10-13(6-7-14(15)18)19-12-4-2-1-3-5-12/h1-7,10,17H,8-9,11H2. The smallest absolute Gasteiger partial charge is 0.128 e. The molecule has 20 heavy (non-hydrogen) atoms. The van der Waals surface area contributed by atoms with Gasteiger partial charge in [0.25, 0.3) is 0 Å². The first-order valence-corrected chi connectivity index (χ1v) is 7.26. The number of rotatable bonds is 4. The molecule has 0 fully saturated rings. The van der Waals surface area contributed by atoms with Crippen LogP contribution >= 0.6 is 11.9 Å². The summed E-state index contributed by atoms with van der Waals surface area (Å²) in [6.07, 6.45) is 0. The van der Waals surface area contributed by atoms with Crippen molar-refractivity contribution in [2.24, 2.45) is 0 Å². The number of anilines is 1. The highest BCUT2D eigenvalue weighted by molar-refractivity contribution is 7.97. The van der Waals surface area contributed by atoms with E-state index < -0.39 is 0 Å². The number of halogens is 1. The van der Waals surface area contributed by atoms with Gasteiger partial charge in [-0.25, -0.2) is 9.11 Å². The topological polar surface area (TPSA) is 24.5 Å². The molecular formula is C15H15FN2OS. The lowest BCUT2D eigenvalue weighted by molar-refractivity contribution is 0.479. The SMILES string of the molecule is FCCN1CNSc2cc(Oc3ccccc3)ccc21. The molecule has 0 saturated carbocycles. The van der Waals surface area contributed by atoms with Gasteiger partial charge in [0, 0.05) is 11.4 Å².